The standard InChI is InChI=1S/C16H20N4O3S/c1-11-4-6-14(7-5-11)24(22,23)19-9-8-17-16(21)15-10-18-13(3)20-12(15)2/h4-7,10,19H,8-9H2,1-3H3,(H,17,21). The van der Waals surface area contributed by atoms with Crippen LogP contribution in [0.4, 0.5) is 0 Å². The maximum Gasteiger partial charge on any atom is 0.254 e. The number of sulfonamides is 1. The van der Waals surface area contributed by atoms with Crippen LogP contribution in [-0.4, -0.2) is 37.4 Å². The van der Waals surface area contributed by atoms with Crippen LogP contribution in [0.25, 0.3) is 0 Å². The fraction of sp³-hybridized carbons (Fsp3) is 0.312. The van der Waals surface area contributed by atoms with E-state index in [1.54, 1.807) is 38.1 Å². The van der Waals surface area contributed by atoms with E-state index in [0.29, 0.717) is 17.1 Å². The Morgan fingerprint density at radius 3 is 2.38 bits per heavy atom. The molecular weight excluding hydrogens is 328 g/mol. The van der Waals surface area contributed by atoms with Crippen molar-refractivity contribution in [2.24, 2.45) is 0 Å². The number of hydrogen-bond acceptors (Lipinski definition) is 5. The summed E-state index contributed by atoms with van der Waals surface area (Å²) in [4.78, 5) is 20.4. The monoisotopic (exact) mass is 348 g/mol. The second kappa shape index (κ2) is 7.50. The third kappa shape index (κ3) is 4.59. The number of carbonyl (C=O) groups excluding carboxylic acids is 1. The summed E-state index contributed by atoms with van der Waals surface area (Å²) in [5.41, 5.74) is 1.94. The van der Waals surface area contributed by atoms with Gasteiger partial charge in [-0.15, -0.1) is 0 Å². The van der Waals surface area contributed by atoms with Crippen molar-refractivity contribution in [3.8, 4) is 0 Å². The molecule has 7 nitrogen and oxygen atoms in total. The second-order valence-electron chi connectivity index (χ2n) is 5.38. The van der Waals surface area contributed by atoms with Gasteiger partial charge >= 0.3 is 0 Å². The molecule has 1 aromatic heterocycles. The predicted octanol–water partition coefficient (Wildman–Crippen LogP) is 1.11. The van der Waals surface area contributed by atoms with Gasteiger partial charge in [0, 0.05) is 19.3 Å². The van der Waals surface area contributed by atoms with E-state index in [1.807, 2.05) is 6.92 Å². The predicted molar refractivity (Wildman–Crippen MR) is 90.2 cm³/mol. The minimum absolute atomic E-state index is 0.0910. The molecule has 0 atom stereocenters. The average molecular weight is 348 g/mol. The minimum Gasteiger partial charge on any atom is -0.351 e. The molecule has 1 aromatic carbocycles. The van der Waals surface area contributed by atoms with Crippen LogP contribution >= 0.6 is 0 Å². The van der Waals surface area contributed by atoms with Crippen LogP contribution in [0.15, 0.2) is 35.4 Å². The molecule has 0 unspecified atom stereocenters. The molecule has 2 rings (SSSR count). The van der Waals surface area contributed by atoms with E-state index in [1.165, 1.54) is 6.20 Å². The van der Waals surface area contributed by atoms with Crippen molar-refractivity contribution in [2.75, 3.05) is 13.1 Å². The van der Waals surface area contributed by atoms with Gasteiger partial charge in [-0.1, -0.05) is 17.7 Å². The lowest BCUT2D eigenvalue weighted by molar-refractivity contribution is 0.0953. The summed E-state index contributed by atoms with van der Waals surface area (Å²) in [5.74, 6) is 0.261. The van der Waals surface area contributed by atoms with Crippen molar-refractivity contribution in [2.45, 2.75) is 25.7 Å². The molecule has 0 spiro atoms. The molecule has 24 heavy (non-hydrogen) atoms. The number of carbonyl (C=O) groups is 1. The summed E-state index contributed by atoms with van der Waals surface area (Å²) in [6.45, 7) is 5.61. The molecule has 0 radical (unpaired) electrons. The molecule has 0 aliphatic rings. The number of aromatic nitrogens is 2. The molecule has 0 aliphatic carbocycles. The van der Waals surface area contributed by atoms with Crippen molar-refractivity contribution in [3.63, 3.8) is 0 Å². The molecule has 0 saturated carbocycles. The average Bonchev–Trinajstić information content (AvgIpc) is 2.52. The lowest BCUT2D eigenvalue weighted by Gasteiger charge is -2.09. The molecule has 1 heterocycles. The summed E-state index contributed by atoms with van der Waals surface area (Å²) in [6, 6.07) is 6.56. The highest BCUT2D eigenvalue weighted by molar-refractivity contribution is 7.89. The van der Waals surface area contributed by atoms with Crippen LogP contribution in [0, 0.1) is 20.8 Å². The van der Waals surface area contributed by atoms with Gasteiger partial charge in [0.25, 0.3) is 5.91 Å². The van der Waals surface area contributed by atoms with Gasteiger partial charge in [-0.3, -0.25) is 4.79 Å². The van der Waals surface area contributed by atoms with Gasteiger partial charge in [0.2, 0.25) is 10.0 Å². The summed E-state index contributed by atoms with van der Waals surface area (Å²) >= 11 is 0. The Bertz CT molecular complexity index is 833. The number of benzene rings is 1. The highest BCUT2D eigenvalue weighted by Crippen LogP contribution is 2.09. The zero-order chi connectivity index (χ0) is 17.7. The van der Waals surface area contributed by atoms with E-state index in [4.69, 9.17) is 0 Å². The van der Waals surface area contributed by atoms with Gasteiger partial charge in [-0.2, -0.15) is 0 Å². The lowest BCUT2D eigenvalue weighted by atomic mass is 10.2. The molecule has 0 saturated heterocycles. The quantitative estimate of drug-likeness (QED) is 0.762. The van der Waals surface area contributed by atoms with E-state index < -0.39 is 10.0 Å². The third-order valence-electron chi connectivity index (χ3n) is 3.38. The zero-order valence-electron chi connectivity index (χ0n) is 13.8. The van der Waals surface area contributed by atoms with Crippen LogP contribution in [0.1, 0.15) is 27.4 Å². The summed E-state index contributed by atoms with van der Waals surface area (Å²) in [5, 5.41) is 2.65. The second-order valence-corrected chi connectivity index (χ2v) is 7.15. The van der Waals surface area contributed by atoms with Crippen molar-refractivity contribution in [1.29, 1.82) is 0 Å². The van der Waals surface area contributed by atoms with E-state index in [9.17, 15) is 13.2 Å². The molecule has 2 aromatic rings. The summed E-state index contributed by atoms with van der Waals surface area (Å²) < 4.78 is 26.7. The lowest BCUT2D eigenvalue weighted by Crippen LogP contribution is -2.35. The van der Waals surface area contributed by atoms with E-state index in [-0.39, 0.29) is 23.9 Å². The Morgan fingerprint density at radius 2 is 1.75 bits per heavy atom. The Morgan fingerprint density at radius 1 is 1.08 bits per heavy atom. The Kier molecular flexibility index (Phi) is 5.63. The molecule has 1 amide bonds. The first-order valence-electron chi connectivity index (χ1n) is 7.44. The van der Waals surface area contributed by atoms with Crippen LogP contribution in [0.5, 0.6) is 0 Å². The number of hydrogen-bond donors (Lipinski definition) is 2. The number of nitrogens with one attached hydrogen (secondary N) is 2. The first-order valence-corrected chi connectivity index (χ1v) is 8.93. The summed E-state index contributed by atoms with van der Waals surface area (Å²) in [6.07, 6.45) is 1.46. The van der Waals surface area contributed by atoms with Gasteiger partial charge in [-0.25, -0.2) is 23.1 Å². The Hall–Kier alpha value is -2.32. The van der Waals surface area contributed by atoms with Crippen molar-refractivity contribution in [3.05, 3.63) is 53.1 Å². The summed E-state index contributed by atoms with van der Waals surface area (Å²) in [7, 11) is -3.58. The number of aryl methyl sites for hydroxylation is 3. The SMILES string of the molecule is Cc1ccc(S(=O)(=O)NCCNC(=O)c2cnc(C)nc2C)cc1. The number of nitrogens with zero attached hydrogens (tertiary/aromatic N) is 2. The highest BCUT2D eigenvalue weighted by atomic mass is 32.2. The van der Waals surface area contributed by atoms with Gasteiger partial charge < -0.3 is 5.32 Å². The van der Waals surface area contributed by atoms with Crippen molar-refractivity contribution in [1.82, 2.24) is 20.0 Å². The molecular formula is C16H20N4O3S. The van der Waals surface area contributed by atoms with E-state index >= 15 is 0 Å². The van der Waals surface area contributed by atoms with Crippen LogP contribution in [0.2, 0.25) is 0 Å². The molecule has 0 fully saturated rings. The normalized spacial score (nSPS) is 11.3. The highest BCUT2D eigenvalue weighted by Gasteiger charge is 2.14. The molecule has 0 aliphatic heterocycles. The molecule has 128 valence electrons. The third-order valence-corrected chi connectivity index (χ3v) is 4.86. The maximum atomic E-state index is 12.1. The minimum atomic E-state index is -3.58. The Labute approximate surface area is 141 Å². The topological polar surface area (TPSA) is 101 Å². The molecule has 0 bridgehead atoms. The van der Waals surface area contributed by atoms with Crippen LogP contribution < -0.4 is 10.0 Å². The van der Waals surface area contributed by atoms with Gasteiger partial charge in [-0.05, 0) is 32.9 Å². The molecule has 2 N–H and O–H groups in total. The first-order chi connectivity index (χ1) is 11.3. The first kappa shape index (κ1) is 18.0. The van der Waals surface area contributed by atoms with Crippen molar-refractivity contribution < 1.29 is 13.2 Å². The fourth-order valence-corrected chi connectivity index (χ4v) is 3.10. The van der Waals surface area contributed by atoms with Crippen LogP contribution in [0.3, 0.4) is 0 Å². The zero-order valence-corrected chi connectivity index (χ0v) is 14.6. The largest absolute Gasteiger partial charge is 0.351 e. The molecule has 8 heteroatoms. The maximum absolute atomic E-state index is 12.1. The van der Waals surface area contributed by atoms with Crippen molar-refractivity contribution >= 4 is 15.9 Å². The number of rotatable bonds is 6. The number of amides is 1. The van der Waals surface area contributed by atoms with Gasteiger partial charge in [0.05, 0.1) is 16.2 Å². The fourth-order valence-electron chi connectivity index (χ4n) is 2.06. The van der Waals surface area contributed by atoms with E-state index in [2.05, 4.69) is 20.0 Å². The smallest absolute Gasteiger partial charge is 0.254 e. The Balaban J connectivity index is 1.88. The van der Waals surface area contributed by atoms with Gasteiger partial charge in [0.15, 0.2) is 0 Å². The van der Waals surface area contributed by atoms with Gasteiger partial charge in [0.1, 0.15) is 5.82 Å². The van der Waals surface area contributed by atoms with E-state index in [0.717, 1.165) is 5.56 Å². The van der Waals surface area contributed by atoms with Crippen LogP contribution in [-0.2, 0) is 10.0 Å².